The molecule has 0 fully saturated rings. The zero-order valence-electron chi connectivity index (χ0n) is 16.9. The highest BCUT2D eigenvalue weighted by molar-refractivity contribution is 8.17. The number of carboxylic acid groups (broad SMARTS) is 1. The Kier molecular flexibility index (Phi) is 6.52. The Morgan fingerprint density at radius 3 is 1.84 bits per heavy atom. The van der Waals surface area contributed by atoms with Crippen LogP contribution in [0.5, 0.6) is 0 Å². The summed E-state index contributed by atoms with van der Waals surface area (Å²) in [6.07, 6.45) is -0.155. The summed E-state index contributed by atoms with van der Waals surface area (Å²) in [7, 11) is -0.670. The van der Waals surface area contributed by atoms with Crippen LogP contribution < -0.4 is 0 Å². The van der Waals surface area contributed by atoms with E-state index in [0.29, 0.717) is 0 Å². The largest absolute Gasteiger partial charge is 0.481 e. The lowest BCUT2D eigenvalue weighted by molar-refractivity contribution is -0.135. The van der Waals surface area contributed by atoms with Crippen molar-refractivity contribution >= 4 is 16.9 Å². The number of carboxylic acids is 1. The van der Waals surface area contributed by atoms with Crippen LogP contribution in [0, 0.1) is 11.8 Å². The van der Waals surface area contributed by atoms with Gasteiger partial charge >= 0.3 is 5.97 Å². The summed E-state index contributed by atoms with van der Waals surface area (Å²) in [5.74, 6) is 4.74. The number of aliphatic carboxylic acids is 1. The first-order chi connectivity index (χ1) is 15.2. The van der Waals surface area contributed by atoms with E-state index in [2.05, 4.69) is 103 Å². The van der Waals surface area contributed by atoms with Gasteiger partial charge in [0.15, 0.2) is 0 Å². The minimum absolute atomic E-state index is 0.155. The summed E-state index contributed by atoms with van der Waals surface area (Å²) in [6, 6.07) is 37.9. The topological polar surface area (TPSA) is 37.3 Å². The molecule has 0 aromatic heterocycles. The van der Waals surface area contributed by atoms with E-state index in [1.54, 1.807) is 0 Å². The van der Waals surface area contributed by atoms with Crippen LogP contribution in [0.1, 0.15) is 12.0 Å². The Bertz CT molecular complexity index is 1200. The molecule has 3 heteroatoms. The van der Waals surface area contributed by atoms with Gasteiger partial charge in [0.25, 0.3) is 0 Å². The Balaban J connectivity index is 1.73. The molecular weight excluding hydrogens is 400 g/mol. The molecule has 0 unspecified atom stereocenters. The quantitative estimate of drug-likeness (QED) is 0.279. The molecule has 0 heterocycles. The second kappa shape index (κ2) is 9.84. The third-order valence-corrected chi connectivity index (χ3v) is 7.23. The summed E-state index contributed by atoms with van der Waals surface area (Å²) in [4.78, 5) is 14.6. The van der Waals surface area contributed by atoms with Crippen LogP contribution in [0.25, 0.3) is 11.1 Å². The fourth-order valence-corrected chi connectivity index (χ4v) is 5.76. The fraction of sp³-hybridized carbons (Fsp3) is 0.0357. The number of hydrogen-bond acceptors (Lipinski definition) is 1. The molecule has 0 saturated heterocycles. The maximum atomic E-state index is 10.7. The number of carbonyl (C=O) groups is 1. The average molecular weight is 423 g/mol. The molecule has 0 bridgehead atoms. The van der Waals surface area contributed by atoms with Crippen LogP contribution in [-0.2, 0) is 4.79 Å². The van der Waals surface area contributed by atoms with E-state index in [-0.39, 0.29) is 6.42 Å². The van der Waals surface area contributed by atoms with Crippen LogP contribution in [0.4, 0.5) is 0 Å². The number of hydrogen-bond donors (Lipinski definition) is 2. The molecule has 4 aromatic carbocycles. The molecule has 4 rings (SSSR count). The summed E-state index contributed by atoms with van der Waals surface area (Å²) in [5, 5.41) is 8.79. The lowest BCUT2D eigenvalue weighted by Gasteiger charge is -2.24. The highest BCUT2D eigenvalue weighted by Crippen LogP contribution is 2.51. The normalized spacial score (nSPS) is 10.6. The maximum absolute atomic E-state index is 10.7. The molecular formula is C28H22O2S. The Labute approximate surface area is 185 Å². The lowest BCUT2D eigenvalue weighted by Crippen LogP contribution is -1.90. The zero-order chi connectivity index (χ0) is 21.5. The monoisotopic (exact) mass is 422 g/mol. The minimum atomic E-state index is -0.911. The van der Waals surface area contributed by atoms with Gasteiger partial charge in [0.05, 0.1) is 0 Å². The van der Waals surface area contributed by atoms with Crippen LogP contribution in [-0.4, -0.2) is 11.1 Å². The summed E-state index contributed by atoms with van der Waals surface area (Å²) < 4.78 is 0. The Morgan fingerprint density at radius 1 is 0.677 bits per heavy atom. The first kappa shape index (κ1) is 20.5. The van der Waals surface area contributed by atoms with Gasteiger partial charge in [-0.1, -0.05) is 72.5 Å². The third kappa shape index (κ3) is 5.25. The predicted octanol–water partition coefficient (Wildman–Crippen LogP) is 6.66. The van der Waals surface area contributed by atoms with Gasteiger partial charge in [-0.2, -0.15) is 10.9 Å². The molecule has 1 N–H and O–H groups in total. The van der Waals surface area contributed by atoms with Crippen LogP contribution in [0.2, 0.25) is 0 Å². The van der Waals surface area contributed by atoms with Crippen molar-refractivity contribution in [1.29, 1.82) is 0 Å². The fourth-order valence-electron chi connectivity index (χ4n) is 3.42. The maximum Gasteiger partial charge on any atom is 0.315 e. The first-order valence-electron chi connectivity index (χ1n) is 10.0. The molecule has 0 saturated carbocycles. The van der Waals surface area contributed by atoms with Crippen molar-refractivity contribution in [3.8, 4) is 23.0 Å². The molecule has 0 radical (unpaired) electrons. The van der Waals surface area contributed by atoms with Gasteiger partial charge in [0.2, 0.25) is 0 Å². The lowest BCUT2D eigenvalue weighted by atomic mass is 10.0. The van der Waals surface area contributed by atoms with Crippen LogP contribution in [0.3, 0.4) is 0 Å². The minimum Gasteiger partial charge on any atom is -0.481 e. The van der Waals surface area contributed by atoms with E-state index in [1.165, 1.54) is 14.7 Å². The van der Waals surface area contributed by atoms with Crippen LogP contribution in [0.15, 0.2) is 124 Å². The van der Waals surface area contributed by atoms with E-state index in [9.17, 15) is 4.79 Å². The van der Waals surface area contributed by atoms with Crippen molar-refractivity contribution in [1.82, 2.24) is 0 Å². The number of benzene rings is 4. The molecule has 31 heavy (non-hydrogen) atoms. The highest BCUT2D eigenvalue weighted by atomic mass is 32.2. The number of thiol groups is 1. The molecule has 0 atom stereocenters. The van der Waals surface area contributed by atoms with E-state index in [0.717, 1.165) is 16.7 Å². The van der Waals surface area contributed by atoms with Crippen molar-refractivity contribution in [3.05, 3.63) is 115 Å². The molecule has 0 aliphatic rings. The van der Waals surface area contributed by atoms with Gasteiger partial charge in [-0.25, -0.2) is 0 Å². The van der Waals surface area contributed by atoms with E-state index < -0.39 is 16.9 Å². The molecule has 0 aliphatic heterocycles. The zero-order valence-corrected chi connectivity index (χ0v) is 17.8. The van der Waals surface area contributed by atoms with Gasteiger partial charge in [0, 0.05) is 5.56 Å². The van der Waals surface area contributed by atoms with E-state index in [4.69, 9.17) is 5.11 Å². The van der Waals surface area contributed by atoms with Crippen LogP contribution >= 0.6 is 10.9 Å². The summed E-state index contributed by atoms with van der Waals surface area (Å²) in [6.45, 7) is 0. The molecule has 152 valence electrons. The van der Waals surface area contributed by atoms with E-state index >= 15 is 0 Å². The molecule has 4 aromatic rings. The van der Waals surface area contributed by atoms with Crippen molar-refractivity contribution in [2.45, 2.75) is 21.1 Å². The first-order valence-corrected chi connectivity index (χ1v) is 11.4. The van der Waals surface area contributed by atoms with Crippen molar-refractivity contribution in [2.24, 2.45) is 0 Å². The molecule has 0 amide bonds. The molecule has 0 aliphatic carbocycles. The Morgan fingerprint density at radius 2 is 1.23 bits per heavy atom. The average Bonchev–Trinajstić information content (AvgIpc) is 2.81. The summed E-state index contributed by atoms with van der Waals surface area (Å²) in [5.41, 5.74) is 3.01. The summed E-state index contributed by atoms with van der Waals surface area (Å²) >= 11 is 0. The van der Waals surface area contributed by atoms with Gasteiger partial charge in [-0.05, 0) is 74.3 Å². The molecule has 2 nitrogen and oxygen atoms in total. The predicted molar refractivity (Wildman–Crippen MR) is 128 cm³/mol. The van der Waals surface area contributed by atoms with Gasteiger partial charge in [-0.15, -0.1) is 0 Å². The smallest absolute Gasteiger partial charge is 0.315 e. The second-order valence-electron chi connectivity index (χ2n) is 7.01. The van der Waals surface area contributed by atoms with Crippen molar-refractivity contribution in [2.75, 3.05) is 0 Å². The van der Waals surface area contributed by atoms with Gasteiger partial charge in [0.1, 0.15) is 6.42 Å². The SMILES string of the molecule is O=C(O)CC#Cc1cccc(-c2cccc([SH](c3ccccc3)c3ccccc3)c2)c1. The van der Waals surface area contributed by atoms with Gasteiger partial charge in [-0.3, -0.25) is 4.79 Å². The standard InChI is InChI=1S/C28H22O2S/c29-28(30)19-8-11-22-10-7-12-23(20-22)24-13-9-18-27(21-24)31(25-14-3-1-4-15-25)26-16-5-2-6-17-26/h1-7,9-10,12-18,20-21,31H,19H2,(H,29,30). The Hall–Kier alpha value is -3.74. The third-order valence-electron chi connectivity index (χ3n) is 4.80. The van der Waals surface area contributed by atoms with Crippen molar-refractivity contribution in [3.63, 3.8) is 0 Å². The molecule has 0 spiro atoms. The highest BCUT2D eigenvalue weighted by Gasteiger charge is 2.13. The second-order valence-corrected chi connectivity index (χ2v) is 9.23. The van der Waals surface area contributed by atoms with Gasteiger partial charge < -0.3 is 5.11 Å². The van der Waals surface area contributed by atoms with E-state index in [1.807, 2.05) is 18.2 Å². The van der Waals surface area contributed by atoms with Crippen molar-refractivity contribution < 1.29 is 9.90 Å². The number of rotatable bonds is 5.